The van der Waals surface area contributed by atoms with Crippen LogP contribution in [-0.4, -0.2) is 41.5 Å². The summed E-state index contributed by atoms with van der Waals surface area (Å²) in [6.07, 6.45) is 1.73. The lowest BCUT2D eigenvalue weighted by molar-refractivity contribution is -0.116. The first-order valence-electron chi connectivity index (χ1n) is 10.5. The maximum Gasteiger partial charge on any atom is 0.246 e. The molecule has 7 nitrogen and oxygen atoms in total. The van der Waals surface area contributed by atoms with Gasteiger partial charge in [0.2, 0.25) is 15.9 Å². The number of benzene rings is 1. The number of carbonyl (C=O) groups is 1. The number of para-hydroxylation sites is 1. The molecule has 1 saturated heterocycles. The van der Waals surface area contributed by atoms with Gasteiger partial charge in [0.15, 0.2) is 0 Å². The van der Waals surface area contributed by atoms with Crippen molar-refractivity contribution in [3.05, 3.63) is 41.2 Å². The van der Waals surface area contributed by atoms with E-state index < -0.39 is 10.0 Å². The monoisotopic (exact) mass is 432 g/mol. The molecule has 0 aliphatic carbocycles. The molecular weight excluding hydrogens is 400 g/mol. The van der Waals surface area contributed by atoms with Crippen molar-refractivity contribution in [2.24, 2.45) is 5.92 Å². The number of rotatable bonds is 6. The topological polar surface area (TPSA) is 84.3 Å². The van der Waals surface area contributed by atoms with Crippen LogP contribution in [0.25, 0.3) is 0 Å². The van der Waals surface area contributed by atoms with E-state index in [4.69, 9.17) is 0 Å². The second-order valence-corrected chi connectivity index (χ2v) is 10.4. The number of nitrogens with zero attached hydrogens (tertiary/aromatic N) is 3. The van der Waals surface area contributed by atoms with Gasteiger partial charge in [0, 0.05) is 18.8 Å². The normalized spacial score (nSPS) is 16.2. The summed E-state index contributed by atoms with van der Waals surface area (Å²) >= 11 is 0. The summed E-state index contributed by atoms with van der Waals surface area (Å²) in [6, 6.07) is 7.70. The van der Waals surface area contributed by atoms with Gasteiger partial charge in [-0.15, -0.1) is 0 Å². The quantitative estimate of drug-likeness (QED) is 0.755. The number of nitrogens with one attached hydrogen (secondary N) is 1. The molecule has 0 bridgehead atoms. The number of anilines is 1. The molecule has 1 aliphatic heterocycles. The Kier molecular flexibility index (Phi) is 6.67. The van der Waals surface area contributed by atoms with E-state index >= 15 is 0 Å². The van der Waals surface area contributed by atoms with Crippen molar-refractivity contribution in [2.75, 3.05) is 18.4 Å². The molecule has 1 fully saturated rings. The molecular formula is C22H32N4O3S. The van der Waals surface area contributed by atoms with E-state index in [1.165, 1.54) is 4.68 Å². The van der Waals surface area contributed by atoms with E-state index in [1.54, 1.807) is 18.2 Å². The van der Waals surface area contributed by atoms with E-state index in [0.717, 1.165) is 24.1 Å². The molecule has 2 heterocycles. The van der Waals surface area contributed by atoms with Gasteiger partial charge < -0.3 is 5.32 Å². The van der Waals surface area contributed by atoms with E-state index in [2.05, 4.69) is 31.2 Å². The predicted octanol–water partition coefficient (Wildman–Crippen LogP) is 3.68. The summed E-state index contributed by atoms with van der Waals surface area (Å²) in [5.74, 6) is 0.586. The average Bonchev–Trinajstić information content (AvgIpc) is 2.96. The number of aromatic nitrogens is 2. The third-order valence-corrected chi connectivity index (χ3v) is 7.96. The summed E-state index contributed by atoms with van der Waals surface area (Å²) in [5.41, 5.74) is 2.76. The van der Waals surface area contributed by atoms with Gasteiger partial charge in [0.25, 0.3) is 0 Å². The van der Waals surface area contributed by atoms with Crippen LogP contribution in [0, 0.1) is 19.8 Å². The summed E-state index contributed by atoms with van der Waals surface area (Å²) in [7, 11) is -3.62. The predicted molar refractivity (Wildman–Crippen MR) is 118 cm³/mol. The smallest absolute Gasteiger partial charge is 0.246 e. The third kappa shape index (κ3) is 4.59. The van der Waals surface area contributed by atoms with Gasteiger partial charge in [-0.25, -0.2) is 8.42 Å². The molecule has 2 aromatic rings. The summed E-state index contributed by atoms with van der Waals surface area (Å²) in [6.45, 7) is 10.7. The van der Waals surface area contributed by atoms with Crippen molar-refractivity contribution < 1.29 is 13.2 Å². The number of amides is 1. The van der Waals surface area contributed by atoms with E-state index in [1.807, 2.05) is 24.3 Å². The maximum absolute atomic E-state index is 13.2. The van der Waals surface area contributed by atoms with Gasteiger partial charge in [-0.2, -0.15) is 9.40 Å². The second kappa shape index (κ2) is 8.89. The number of carbonyl (C=O) groups excluding carboxylic acids is 1. The van der Waals surface area contributed by atoms with E-state index in [0.29, 0.717) is 30.4 Å². The molecule has 0 unspecified atom stereocenters. The highest BCUT2D eigenvalue weighted by molar-refractivity contribution is 7.89. The minimum atomic E-state index is -3.62. The maximum atomic E-state index is 13.2. The fraction of sp³-hybridized carbons (Fsp3) is 0.545. The highest BCUT2D eigenvalue weighted by atomic mass is 32.2. The summed E-state index contributed by atoms with van der Waals surface area (Å²) in [4.78, 5) is 12.9. The molecule has 0 saturated carbocycles. The van der Waals surface area contributed by atoms with Crippen molar-refractivity contribution in [1.29, 1.82) is 0 Å². The number of hydrogen-bond donors (Lipinski definition) is 1. The minimum Gasteiger partial charge on any atom is -0.324 e. The van der Waals surface area contributed by atoms with Crippen LogP contribution in [0.3, 0.4) is 0 Å². The molecule has 1 aromatic carbocycles. The van der Waals surface area contributed by atoms with Gasteiger partial charge in [-0.05, 0) is 50.2 Å². The molecule has 0 atom stereocenters. The zero-order valence-corrected chi connectivity index (χ0v) is 19.3. The van der Waals surface area contributed by atoms with Gasteiger partial charge in [-0.1, -0.05) is 39.0 Å². The standard InChI is InChI=1S/C22H32N4O3S/c1-15(2)19-8-6-7-9-20(19)23-21(27)14-26-18(5)22(17(4)24-26)30(28,29)25-12-10-16(3)11-13-25/h6-9,15-16H,10-14H2,1-5H3,(H,23,27). The van der Waals surface area contributed by atoms with Crippen LogP contribution in [0.5, 0.6) is 0 Å². The summed E-state index contributed by atoms with van der Waals surface area (Å²) < 4.78 is 29.5. The lowest BCUT2D eigenvalue weighted by Crippen LogP contribution is -2.38. The Morgan fingerprint density at radius 1 is 1.20 bits per heavy atom. The number of hydrogen-bond acceptors (Lipinski definition) is 4. The van der Waals surface area contributed by atoms with Crippen LogP contribution >= 0.6 is 0 Å². The van der Waals surface area contributed by atoms with E-state index in [-0.39, 0.29) is 23.3 Å². The molecule has 0 radical (unpaired) electrons. The Labute approximate surface area is 179 Å². The van der Waals surface area contributed by atoms with Crippen LogP contribution in [-0.2, 0) is 21.4 Å². The fourth-order valence-corrected chi connectivity index (χ4v) is 5.84. The first-order chi connectivity index (χ1) is 14.1. The summed E-state index contributed by atoms with van der Waals surface area (Å²) in [5, 5.41) is 7.32. The van der Waals surface area contributed by atoms with Gasteiger partial charge in [-0.3, -0.25) is 9.48 Å². The van der Waals surface area contributed by atoms with Crippen molar-refractivity contribution in [1.82, 2.24) is 14.1 Å². The second-order valence-electron chi connectivity index (χ2n) is 8.53. The number of sulfonamides is 1. The van der Waals surface area contributed by atoms with Crippen LogP contribution in [0.15, 0.2) is 29.2 Å². The Morgan fingerprint density at radius 2 is 1.83 bits per heavy atom. The lowest BCUT2D eigenvalue weighted by atomic mass is 10.0. The molecule has 30 heavy (non-hydrogen) atoms. The van der Waals surface area contributed by atoms with Crippen LogP contribution < -0.4 is 5.32 Å². The van der Waals surface area contributed by atoms with Gasteiger partial charge in [0.05, 0.1) is 11.4 Å². The molecule has 1 amide bonds. The van der Waals surface area contributed by atoms with Crippen molar-refractivity contribution >= 4 is 21.6 Å². The first kappa shape index (κ1) is 22.5. The van der Waals surface area contributed by atoms with Crippen molar-refractivity contribution in [3.8, 4) is 0 Å². The number of aryl methyl sites for hydroxylation is 1. The van der Waals surface area contributed by atoms with Crippen LogP contribution in [0.1, 0.15) is 56.5 Å². The molecule has 164 valence electrons. The molecule has 1 aliphatic rings. The zero-order chi connectivity index (χ0) is 22.1. The minimum absolute atomic E-state index is 0.0361. The highest BCUT2D eigenvalue weighted by Gasteiger charge is 2.33. The SMILES string of the molecule is Cc1nn(CC(=O)Nc2ccccc2C(C)C)c(C)c1S(=O)(=O)N1CCC(C)CC1. The lowest BCUT2D eigenvalue weighted by Gasteiger charge is -2.29. The van der Waals surface area contributed by atoms with Crippen LogP contribution in [0.4, 0.5) is 5.69 Å². The van der Waals surface area contributed by atoms with Crippen LogP contribution in [0.2, 0.25) is 0 Å². The third-order valence-electron chi connectivity index (χ3n) is 5.81. The Bertz CT molecular complexity index is 1020. The molecule has 1 N–H and O–H groups in total. The first-order valence-corrected chi connectivity index (χ1v) is 12.0. The Morgan fingerprint density at radius 3 is 2.47 bits per heavy atom. The molecule has 0 spiro atoms. The Hall–Kier alpha value is -2.19. The van der Waals surface area contributed by atoms with Gasteiger partial charge >= 0.3 is 0 Å². The number of piperidine rings is 1. The zero-order valence-electron chi connectivity index (χ0n) is 18.5. The van der Waals surface area contributed by atoms with Crippen molar-refractivity contribution in [3.63, 3.8) is 0 Å². The molecule has 3 rings (SSSR count). The van der Waals surface area contributed by atoms with Crippen molar-refractivity contribution in [2.45, 2.75) is 64.8 Å². The Balaban J connectivity index is 1.80. The molecule has 8 heteroatoms. The largest absolute Gasteiger partial charge is 0.324 e. The highest BCUT2D eigenvalue weighted by Crippen LogP contribution is 2.28. The van der Waals surface area contributed by atoms with Gasteiger partial charge in [0.1, 0.15) is 11.4 Å². The fourth-order valence-electron chi connectivity index (χ4n) is 4.00. The average molecular weight is 433 g/mol. The molecule has 1 aromatic heterocycles. The van der Waals surface area contributed by atoms with E-state index in [9.17, 15) is 13.2 Å².